The van der Waals surface area contributed by atoms with E-state index in [0.717, 1.165) is 24.8 Å². The van der Waals surface area contributed by atoms with Gasteiger partial charge in [-0.05, 0) is 74.8 Å². The Balaban J connectivity index is 1.77. The number of nitrogens with one attached hydrogen (secondary N) is 1. The molecule has 0 spiro atoms. The standard InChI is InChI=1S/C18H29NO/c1-14(2)10-11-19-13-15(3)20-18-9-8-16-6-4-5-7-17(16)12-18/h8-9,12,14-15,19H,4-7,10-11,13H2,1-3H3. The maximum Gasteiger partial charge on any atom is 0.120 e. The van der Waals surface area contributed by atoms with Crippen molar-refractivity contribution in [3.8, 4) is 5.75 Å². The SMILES string of the molecule is CC(C)CCNCC(C)Oc1ccc2c(c1)CCCC2. The van der Waals surface area contributed by atoms with E-state index < -0.39 is 0 Å². The van der Waals surface area contributed by atoms with Gasteiger partial charge in [0.1, 0.15) is 11.9 Å². The molecule has 2 rings (SSSR count). The van der Waals surface area contributed by atoms with Gasteiger partial charge in [-0.1, -0.05) is 19.9 Å². The number of benzene rings is 1. The molecule has 1 unspecified atom stereocenters. The zero-order valence-electron chi connectivity index (χ0n) is 13.2. The molecule has 1 aliphatic rings. The van der Waals surface area contributed by atoms with Crippen LogP contribution in [0.3, 0.4) is 0 Å². The molecule has 0 aliphatic heterocycles. The van der Waals surface area contributed by atoms with Crippen LogP contribution < -0.4 is 10.1 Å². The highest BCUT2D eigenvalue weighted by atomic mass is 16.5. The summed E-state index contributed by atoms with van der Waals surface area (Å²) >= 11 is 0. The maximum absolute atomic E-state index is 6.02. The topological polar surface area (TPSA) is 21.3 Å². The molecular formula is C18H29NO. The van der Waals surface area contributed by atoms with Gasteiger partial charge in [-0.15, -0.1) is 0 Å². The van der Waals surface area contributed by atoms with Crippen molar-refractivity contribution in [2.75, 3.05) is 13.1 Å². The number of rotatable bonds is 7. The summed E-state index contributed by atoms with van der Waals surface area (Å²) < 4.78 is 6.02. The van der Waals surface area contributed by atoms with Crippen molar-refractivity contribution in [2.45, 2.75) is 59.0 Å². The number of hydrogen-bond donors (Lipinski definition) is 1. The van der Waals surface area contributed by atoms with E-state index in [-0.39, 0.29) is 6.10 Å². The van der Waals surface area contributed by atoms with E-state index in [9.17, 15) is 0 Å². The Bertz CT molecular complexity index is 414. The Kier molecular flexibility index (Phi) is 5.90. The third-order valence-corrected chi connectivity index (χ3v) is 3.99. The Morgan fingerprint density at radius 1 is 1.10 bits per heavy atom. The molecule has 2 nitrogen and oxygen atoms in total. The van der Waals surface area contributed by atoms with Crippen molar-refractivity contribution in [1.29, 1.82) is 0 Å². The molecular weight excluding hydrogens is 246 g/mol. The monoisotopic (exact) mass is 275 g/mol. The van der Waals surface area contributed by atoms with Gasteiger partial charge in [0, 0.05) is 6.54 Å². The molecule has 2 heteroatoms. The Labute approximate surface area is 123 Å². The number of aryl methyl sites for hydroxylation is 2. The highest BCUT2D eigenvalue weighted by molar-refractivity contribution is 5.37. The second-order valence-electron chi connectivity index (χ2n) is 6.45. The summed E-state index contributed by atoms with van der Waals surface area (Å²) in [4.78, 5) is 0. The van der Waals surface area contributed by atoms with E-state index in [1.54, 1.807) is 0 Å². The van der Waals surface area contributed by atoms with E-state index in [1.807, 2.05) is 0 Å². The van der Waals surface area contributed by atoms with Crippen molar-refractivity contribution in [2.24, 2.45) is 5.92 Å². The quantitative estimate of drug-likeness (QED) is 0.760. The van der Waals surface area contributed by atoms with Crippen LogP contribution >= 0.6 is 0 Å². The lowest BCUT2D eigenvalue weighted by atomic mass is 9.92. The number of fused-ring (bicyclic) bond motifs is 1. The fraction of sp³-hybridized carbons (Fsp3) is 0.667. The van der Waals surface area contributed by atoms with E-state index in [2.05, 4.69) is 44.3 Å². The molecule has 1 aromatic carbocycles. The van der Waals surface area contributed by atoms with Crippen molar-refractivity contribution in [3.63, 3.8) is 0 Å². The van der Waals surface area contributed by atoms with Crippen LogP contribution in [0.1, 0.15) is 51.2 Å². The minimum atomic E-state index is 0.226. The van der Waals surface area contributed by atoms with Crippen LogP contribution in [-0.4, -0.2) is 19.2 Å². The van der Waals surface area contributed by atoms with Gasteiger partial charge in [0.15, 0.2) is 0 Å². The average Bonchev–Trinajstić information content (AvgIpc) is 2.43. The van der Waals surface area contributed by atoms with Gasteiger partial charge in [0.2, 0.25) is 0 Å². The summed E-state index contributed by atoms with van der Waals surface area (Å²) in [7, 11) is 0. The summed E-state index contributed by atoms with van der Waals surface area (Å²) in [5.41, 5.74) is 3.01. The van der Waals surface area contributed by atoms with Crippen molar-refractivity contribution < 1.29 is 4.74 Å². The molecule has 0 amide bonds. The molecule has 1 atom stereocenters. The summed E-state index contributed by atoms with van der Waals surface area (Å²) in [5.74, 6) is 1.79. The van der Waals surface area contributed by atoms with Crippen molar-refractivity contribution in [1.82, 2.24) is 5.32 Å². The molecule has 0 saturated heterocycles. The zero-order chi connectivity index (χ0) is 14.4. The van der Waals surface area contributed by atoms with Gasteiger partial charge < -0.3 is 10.1 Å². The molecule has 1 aromatic rings. The Hall–Kier alpha value is -1.02. The largest absolute Gasteiger partial charge is 0.489 e. The average molecular weight is 275 g/mol. The minimum Gasteiger partial charge on any atom is -0.489 e. The van der Waals surface area contributed by atoms with Gasteiger partial charge in [0.25, 0.3) is 0 Å². The highest BCUT2D eigenvalue weighted by Crippen LogP contribution is 2.25. The first-order valence-corrected chi connectivity index (χ1v) is 8.14. The minimum absolute atomic E-state index is 0.226. The third-order valence-electron chi connectivity index (χ3n) is 3.99. The van der Waals surface area contributed by atoms with Crippen LogP contribution in [0.2, 0.25) is 0 Å². The maximum atomic E-state index is 6.02. The molecule has 1 N–H and O–H groups in total. The summed E-state index contributed by atoms with van der Waals surface area (Å²) in [6.45, 7) is 8.66. The van der Waals surface area contributed by atoms with Gasteiger partial charge in [0.05, 0.1) is 0 Å². The molecule has 0 radical (unpaired) electrons. The van der Waals surface area contributed by atoms with Crippen LogP contribution in [0.25, 0.3) is 0 Å². The van der Waals surface area contributed by atoms with Crippen molar-refractivity contribution in [3.05, 3.63) is 29.3 Å². The lowest BCUT2D eigenvalue weighted by molar-refractivity contribution is 0.216. The van der Waals surface area contributed by atoms with E-state index in [4.69, 9.17) is 4.74 Å². The van der Waals surface area contributed by atoms with Crippen molar-refractivity contribution >= 4 is 0 Å². The number of ether oxygens (including phenoxy) is 1. The summed E-state index contributed by atoms with van der Waals surface area (Å²) in [6, 6.07) is 6.64. The van der Waals surface area contributed by atoms with Crippen LogP contribution in [0.4, 0.5) is 0 Å². The van der Waals surface area contributed by atoms with Gasteiger partial charge >= 0.3 is 0 Å². The van der Waals surface area contributed by atoms with E-state index in [1.165, 1.54) is 43.2 Å². The van der Waals surface area contributed by atoms with E-state index in [0.29, 0.717) is 0 Å². The van der Waals surface area contributed by atoms with Crippen LogP contribution in [0, 0.1) is 5.92 Å². The first-order valence-electron chi connectivity index (χ1n) is 8.14. The summed E-state index contributed by atoms with van der Waals surface area (Å²) in [5, 5.41) is 3.47. The normalized spacial score (nSPS) is 16.0. The predicted octanol–water partition coefficient (Wildman–Crippen LogP) is 3.97. The van der Waals surface area contributed by atoms with Gasteiger partial charge in [-0.3, -0.25) is 0 Å². The molecule has 0 aromatic heterocycles. The Morgan fingerprint density at radius 3 is 2.60 bits per heavy atom. The fourth-order valence-electron chi connectivity index (χ4n) is 2.75. The predicted molar refractivity (Wildman–Crippen MR) is 85.5 cm³/mol. The Morgan fingerprint density at radius 2 is 1.85 bits per heavy atom. The summed E-state index contributed by atoms with van der Waals surface area (Å²) in [6.07, 6.45) is 6.57. The molecule has 1 aliphatic carbocycles. The fourth-order valence-corrected chi connectivity index (χ4v) is 2.75. The number of hydrogen-bond acceptors (Lipinski definition) is 2. The first-order chi connectivity index (χ1) is 9.65. The first kappa shape index (κ1) is 15.4. The third kappa shape index (κ3) is 4.82. The second kappa shape index (κ2) is 7.68. The molecule has 0 heterocycles. The van der Waals surface area contributed by atoms with Crippen LogP contribution in [0.15, 0.2) is 18.2 Å². The lowest BCUT2D eigenvalue weighted by Gasteiger charge is -2.19. The highest BCUT2D eigenvalue weighted by Gasteiger charge is 2.11. The van der Waals surface area contributed by atoms with Crippen LogP contribution in [0.5, 0.6) is 5.75 Å². The van der Waals surface area contributed by atoms with Gasteiger partial charge in [-0.25, -0.2) is 0 Å². The van der Waals surface area contributed by atoms with Crippen LogP contribution in [-0.2, 0) is 12.8 Å². The molecule has 0 fully saturated rings. The second-order valence-corrected chi connectivity index (χ2v) is 6.45. The zero-order valence-corrected chi connectivity index (χ0v) is 13.2. The van der Waals surface area contributed by atoms with E-state index >= 15 is 0 Å². The molecule has 0 saturated carbocycles. The molecule has 112 valence electrons. The van der Waals surface area contributed by atoms with Gasteiger partial charge in [-0.2, -0.15) is 0 Å². The molecule has 0 bridgehead atoms. The lowest BCUT2D eigenvalue weighted by Crippen LogP contribution is -2.30. The smallest absolute Gasteiger partial charge is 0.120 e. The molecule has 20 heavy (non-hydrogen) atoms.